The molecule has 56 valence electrons. The molecule has 0 aliphatic carbocycles. The van der Waals surface area contributed by atoms with Crippen molar-refractivity contribution >= 4 is 15.9 Å². The molecule has 0 aromatic carbocycles. The Morgan fingerprint density at radius 3 is 2.00 bits per heavy atom. The molecular weight excluding hydrogens is 208 g/mol. The van der Waals surface area contributed by atoms with Crippen molar-refractivity contribution in [3.05, 3.63) is 0 Å². The third-order valence-corrected chi connectivity index (χ3v) is 0.602. The number of rotatable bonds is 3. The predicted octanol–water partition coefficient (Wildman–Crippen LogP) is 2.21. The highest BCUT2D eigenvalue weighted by Crippen LogP contribution is 2.22. The molecule has 0 heterocycles. The second-order valence-electron chi connectivity index (χ2n) is 1.19. The van der Waals surface area contributed by atoms with Gasteiger partial charge in [0, 0.05) is 0 Å². The van der Waals surface area contributed by atoms with Crippen LogP contribution in [-0.2, 0) is 4.74 Å². The first-order valence-corrected chi connectivity index (χ1v) is 2.67. The summed E-state index contributed by atoms with van der Waals surface area (Å²) < 4.78 is 48.3. The summed E-state index contributed by atoms with van der Waals surface area (Å²) in [5.41, 5.74) is 0. The van der Waals surface area contributed by atoms with Crippen LogP contribution in [0.2, 0.25) is 0 Å². The molecule has 0 rings (SSSR count). The molecule has 0 saturated heterocycles. The number of hydrogen-bond donors (Lipinski definition) is 0. The monoisotopic (exact) mass is 210 g/mol. The summed E-state index contributed by atoms with van der Waals surface area (Å²) >= 11 is 1.82. The van der Waals surface area contributed by atoms with Crippen molar-refractivity contribution in [3.8, 4) is 0 Å². The van der Waals surface area contributed by atoms with Crippen molar-refractivity contribution in [1.29, 1.82) is 0 Å². The topological polar surface area (TPSA) is 9.23 Å². The quantitative estimate of drug-likeness (QED) is 0.513. The SMILES string of the molecule is FC(F)OCC(F)(F)Br. The van der Waals surface area contributed by atoms with Crippen LogP contribution in [0.5, 0.6) is 0 Å². The van der Waals surface area contributed by atoms with Crippen molar-refractivity contribution in [3.63, 3.8) is 0 Å². The van der Waals surface area contributed by atoms with Gasteiger partial charge in [0.1, 0.15) is 6.61 Å². The van der Waals surface area contributed by atoms with Gasteiger partial charge >= 0.3 is 11.4 Å². The Kier molecular flexibility index (Phi) is 3.42. The second kappa shape index (κ2) is 3.36. The highest BCUT2D eigenvalue weighted by atomic mass is 79.9. The molecule has 0 aromatic heterocycles. The van der Waals surface area contributed by atoms with Crippen molar-refractivity contribution in [2.24, 2.45) is 0 Å². The van der Waals surface area contributed by atoms with Crippen LogP contribution in [0.4, 0.5) is 17.6 Å². The lowest BCUT2D eigenvalue weighted by atomic mass is 10.8. The van der Waals surface area contributed by atoms with Crippen molar-refractivity contribution < 1.29 is 22.3 Å². The molecule has 0 N–H and O–H groups in total. The van der Waals surface area contributed by atoms with E-state index < -0.39 is 18.1 Å². The fourth-order valence-corrected chi connectivity index (χ4v) is 0.290. The summed E-state index contributed by atoms with van der Waals surface area (Å²) in [4.78, 5) is -3.36. The fraction of sp³-hybridized carbons (Fsp3) is 1.00. The first-order valence-electron chi connectivity index (χ1n) is 1.88. The van der Waals surface area contributed by atoms with Gasteiger partial charge in [-0.15, -0.1) is 0 Å². The standard InChI is InChI=1S/C3H3BrF4O/c4-3(7,8)1-9-2(5)6/h2H,1H2. The third-order valence-electron chi connectivity index (χ3n) is 0.373. The van der Waals surface area contributed by atoms with E-state index in [-0.39, 0.29) is 0 Å². The zero-order valence-electron chi connectivity index (χ0n) is 4.08. The van der Waals surface area contributed by atoms with E-state index in [4.69, 9.17) is 0 Å². The maximum absolute atomic E-state index is 11.5. The van der Waals surface area contributed by atoms with Crippen molar-refractivity contribution in [1.82, 2.24) is 0 Å². The van der Waals surface area contributed by atoms with E-state index in [1.165, 1.54) is 0 Å². The molecule has 0 saturated carbocycles. The molecule has 0 aliphatic rings. The van der Waals surface area contributed by atoms with E-state index in [1.54, 1.807) is 0 Å². The largest absolute Gasteiger partial charge is 0.345 e. The lowest BCUT2D eigenvalue weighted by Gasteiger charge is -2.06. The van der Waals surface area contributed by atoms with E-state index in [0.29, 0.717) is 0 Å². The zero-order valence-corrected chi connectivity index (χ0v) is 5.67. The minimum atomic E-state index is -3.36. The van der Waals surface area contributed by atoms with Gasteiger partial charge in [0.15, 0.2) is 0 Å². The molecule has 0 aromatic rings. The number of ether oxygens (including phenoxy) is 1. The Morgan fingerprint density at radius 1 is 1.44 bits per heavy atom. The third kappa shape index (κ3) is 8.16. The molecule has 0 amide bonds. The van der Waals surface area contributed by atoms with Crippen LogP contribution in [-0.4, -0.2) is 18.1 Å². The molecule has 0 bridgehead atoms. The van der Waals surface area contributed by atoms with Crippen LogP contribution in [0.15, 0.2) is 0 Å². The fourth-order valence-electron chi connectivity index (χ4n) is 0.157. The Bertz CT molecular complexity index is 80.4. The first kappa shape index (κ1) is 9.16. The molecule has 0 atom stereocenters. The average molecular weight is 211 g/mol. The molecule has 0 aliphatic heterocycles. The molecule has 0 unspecified atom stereocenters. The molecule has 9 heavy (non-hydrogen) atoms. The minimum Gasteiger partial charge on any atom is -0.316 e. The van der Waals surface area contributed by atoms with Crippen LogP contribution >= 0.6 is 15.9 Å². The van der Waals surface area contributed by atoms with Crippen LogP contribution in [0, 0.1) is 0 Å². The number of halogens is 5. The van der Waals surface area contributed by atoms with Crippen LogP contribution in [0.3, 0.4) is 0 Å². The Balaban J connectivity index is 3.28. The number of alkyl halides is 5. The Morgan fingerprint density at radius 2 is 1.89 bits per heavy atom. The minimum absolute atomic E-state index is 1.31. The van der Waals surface area contributed by atoms with Gasteiger partial charge in [-0.2, -0.15) is 17.6 Å². The maximum atomic E-state index is 11.5. The van der Waals surface area contributed by atoms with Gasteiger partial charge in [0.05, 0.1) is 0 Å². The number of hydrogen-bond acceptors (Lipinski definition) is 1. The summed E-state index contributed by atoms with van der Waals surface area (Å²) in [7, 11) is 0. The lowest BCUT2D eigenvalue weighted by Crippen LogP contribution is -2.17. The van der Waals surface area contributed by atoms with Crippen LogP contribution in [0.1, 0.15) is 0 Å². The molecule has 0 radical (unpaired) electrons. The summed E-state index contributed by atoms with van der Waals surface area (Å²) in [5, 5.41) is 0. The average Bonchev–Trinajstić information content (AvgIpc) is 1.59. The normalized spacial score (nSPS) is 12.7. The molecular formula is C3H3BrF4O. The van der Waals surface area contributed by atoms with E-state index in [9.17, 15) is 17.6 Å². The highest BCUT2D eigenvalue weighted by molar-refractivity contribution is 9.10. The van der Waals surface area contributed by atoms with Gasteiger partial charge in [-0.1, -0.05) is 0 Å². The summed E-state index contributed by atoms with van der Waals surface area (Å²) in [6.45, 7) is -4.46. The van der Waals surface area contributed by atoms with Crippen molar-refractivity contribution in [2.45, 2.75) is 11.4 Å². The van der Waals surface area contributed by atoms with E-state index in [2.05, 4.69) is 4.74 Å². The summed E-state index contributed by atoms with van der Waals surface area (Å²) in [6.07, 6.45) is 0. The zero-order chi connectivity index (χ0) is 7.49. The molecule has 0 fully saturated rings. The maximum Gasteiger partial charge on any atom is 0.345 e. The highest BCUT2D eigenvalue weighted by Gasteiger charge is 2.25. The molecule has 0 spiro atoms. The first-order chi connectivity index (χ1) is 3.92. The lowest BCUT2D eigenvalue weighted by molar-refractivity contribution is -0.158. The van der Waals surface area contributed by atoms with Gasteiger partial charge < -0.3 is 4.74 Å². The van der Waals surface area contributed by atoms with E-state index in [1.807, 2.05) is 15.9 Å². The van der Waals surface area contributed by atoms with Gasteiger partial charge in [0.2, 0.25) is 0 Å². The van der Waals surface area contributed by atoms with Gasteiger partial charge in [-0.05, 0) is 15.9 Å². The Labute approximate surface area is 57.1 Å². The second-order valence-corrected chi connectivity index (χ2v) is 2.35. The van der Waals surface area contributed by atoms with Crippen LogP contribution < -0.4 is 0 Å². The smallest absolute Gasteiger partial charge is 0.316 e. The summed E-state index contributed by atoms with van der Waals surface area (Å²) in [6, 6.07) is 0. The molecule has 6 heteroatoms. The predicted molar refractivity (Wildman–Crippen MR) is 25.8 cm³/mol. The summed E-state index contributed by atoms with van der Waals surface area (Å²) in [5.74, 6) is 0. The van der Waals surface area contributed by atoms with E-state index >= 15 is 0 Å². The molecule has 1 nitrogen and oxygen atoms in total. The van der Waals surface area contributed by atoms with Crippen molar-refractivity contribution in [2.75, 3.05) is 6.61 Å². The van der Waals surface area contributed by atoms with Gasteiger partial charge in [-0.3, -0.25) is 0 Å². The van der Waals surface area contributed by atoms with E-state index in [0.717, 1.165) is 0 Å². The van der Waals surface area contributed by atoms with Gasteiger partial charge in [-0.25, -0.2) is 0 Å². The Hall–Kier alpha value is 0.160. The van der Waals surface area contributed by atoms with Crippen LogP contribution in [0.25, 0.3) is 0 Å². The van der Waals surface area contributed by atoms with Gasteiger partial charge in [0.25, 0.3) is 0 Å².